The van der Waals surface area contributed by atoms with Crippen LogP contribution in [0.15, 0.2) is 18.3 Å². The Hall–Kier alpha value is -1.82. The van der Waals surface area contributed by atoms with E-state index in [4.69, 9.17) is 4.74 Å². The van der Waals surface area contributed by atoms with Gasteiger partial charge in [0.25, 0.3) is 5.91 Å². The normalized spacial score (nSPS) is 23.4. The molecule has 3 rings (SSSR count). The molecule has 3 heterocycles. The van der Waals surface area contributed by atoms with E-state index >= 15 is 0 Å². The number of carbonyl (C=O) groups excluding carboxylic acids is 2. The predicted molar refractivity (Wildman–Crippen MR) is 67.7 cm³/mol. The van der Waals surface area contributed by atoms with Crippen LogP contribution in [0.2, 0.25) is 0 Å². The summed E-state index contributed by atoms with van der Waals surface area (Å²) in [7, 11) is 1.70. The lowest BCUT2D eigenvalue weighted by atomic mass is 10.1. The number of rotatable bonds is 1. The average Bonchev–Trinajstić information content (AvgIpc) is 2.91. The summed E-state index contributed by atoms with van der Waals surface area (Å²) >= 11 is 0. The van der Waals surface area contributed by atoms with Crippen molar-refractivity contribution in [3.63, 3.8) is 0 Å². The van der Waals surface area contributed by atoms with Gasteiger partial charge in [0.05, 0.1) is 19.8 Å². The maximum absolute atomic E-state index is 12.5. The molecule has 2 aliphatic rings. The Kier molecular flexibility index (Phi) is 3.02. The van der Waals surface area contributed by atoms with Crippen LogP contribution in [0.4, 0.5) is 0 Å². The molecule has 1 unspecified atom stereocenters. The second kappa shape index (κ2) is 4.70. The van der Waals surface area contributed by atoms with Crippen LogP contribution in [-0.4, -0.2) is 65.6 Å². The molecule has 102 valence electrons. The number of morpholine rings is 1. The van der Waals surface area contributed by atoms with E-state index in [1.165, 1.54) is 0 Å². The van der Waals surface area contributed by atoms with Gasteiger partial charge in [0.2, 0.25) is 5.91 Å². The fourth-order valence-electron chi connectivity index (χ4n) is 2.64. The SMILES string of the molecule is CN1C(=O)c2cccn2CC1C(=O)N1CCOCC1. The molecule has 6 nitrogen and oxygen atoms in total. The van der Waals surface area contributed by atoms with Gasteiger partial charge >= 0.3 is 0 Å². The molecule has 2 amide bonds. The molecular formula is C13H17N3O3. The van der Waals surface area contributed by atoms with Gasteiger partial charge in [0.1, 0.15) is 11.7 Å². The molecule has 0 radical (unpaired) electrons. The van der Waals surface area contributed by atoms with E-state index in [2.05, 4.69) is 0 Å². The third-order valence-electron chi connectivity index (χ3n) is 3.81. The van der Waals surface area contributed by atoms with Crippen molar-refractivity contribution in [1.82, 2.24) is 14.4 Å². The van der Waals surface area contributed by atoms with Gasteiger partial charge in [-0.25, -0.2) is 0 Å². The van der Waals surface area contributed by atoms with E-state index in [1.807, 2.05) is 16.8 Å². The predicted octanol–water partition coefficient (Wildman–Crippen LogP) is -0.199. The number of carbonyl (C=O) groups is 2. The minimum Gasteiger partial charge on any atom is -0.378 e. The molecule has 0 aliphatic carbocycles. The Morgan fingerprint density at radius 2 is 2.11 bits per heavy atom. The van der Waals surface area contributed by atoms with Crippen LogP contribution < -0.4 is 0 Å². The van der Waals surface area contributed by atoms with Crippen LogP contribution in [0.3, 0.4) is 0 Å². The number of ether oxygens (including phenoxy) is 1. The van der Waals surface area contributed by atoms with Crippen molar-refractivity contribution in [2.75, 3.05) is 33.4 Å². The lowest BCUT2D eigenvalue weighted by Crippen LogP contribution is -2.56. The van der Waals surface area contributed by atoms with Crippen LogP contribution in [0, 0.1) is 0 Å². The van der Waals surface area contributed by atoms with E-state index in [-0.39, 0.29) is 11.8 Å². The van der Waals surface area contributed by atoms with Gasteiger partial charge in [0, 0.05) is 26.3 Å². The number of likely N-dealkylation sites (N-methyl/N-ethyl adjacent to an activating group) is 1. The number of amides is 2. The third kappa shape index (κ3) is 2.02. The number of hydrogen-bond acceptors (Lipinski definition) is 3. The first-order valence-electron chi connectivity index (χ1n) is 6.47. The Labute approximate surface area is 111 Å². The van der Waals surface area contributed by atoms with Crippen LogP contribution in [0.25, 0.3) is 0 Å². The fraction of sp³-hybridized carbons (Fsp3) is 0.538. The van der Waals surface area contributed by atoms with Crippen molar-refractivity contribution in [3.8, 4) is 0 Å². The summed E-state index contributed by atoms with van der Waals surface area (Å²) in [5.74, 6) is -0.0821. The number of aromatic nitrogens is 1. The molecule has 2 aliphatic heterocycles. The van der Waals surface area contributed by atoms with Crippen LogP contribution in [0.1, 0.15) is 10.5 Å². The van der Waals surface area contributed by atoms with Crippen molar-refractivity contribution in [3.05, 3.63) is 24.0 Å². The number of hydrogen-bond donors (Lipinski definition) is 0. The van der Waals surface area contributed by atoms with Crippen molar-refractivity contribution in [1.29, 1.82) is 0 Å². The summed E-state index contributed by atoms with van der Waals surface area (Å²) in [4.78, 5) is 28.0. The standard InChI is InChI=1S/C13H17N3O3/c1-14-11(13(18)15-5-7-19-8-6-15)9-16-4-2-3-10(16)12(14)17/h2-4,11H,5-9H2,1H3. The Balaban J connectivity index is 1.81. The van der Waals surface area contributed by atoms with Crippen LogP contribution in [0.5, 0.6) is 0 Å². The summed E-state index contributed by atoms with van der Waals surface area (Å²) in [6.45, 7) is 2.89. The second-order valence-corrected chi connectivity index (χ2v) is 4.92. The first kappa shape index (κ1) is 12.2. The molecule has 19 heavy (non-hydrogen) atoms. The van der Waals surface area contributed by atoms with Crippen LogP contribution in [-0.2, 0) is 16.1 Å². The van der Waals surface area contributed by atoms with Crippen molar-refractivity contribution >= 4 is 11.8 Å². The van der Waals surface area contributed by atoms with E-state index in [0.29, 0.717) is 38.5 Å². The zero-order valence-electron chi connectivity index (χ0n) is 10.9. The largest absolute Gasteiger partial charge is 0.378 e. The van der Waals surface area contributed by atoms with Gasteiger partial charge in [0.15, 0.2) is 0 Å². The molecule has 1 fully saturated rings. The Morgan fingerprint density at radius 3 is 2.84 bits per heavy atom. The van der Waals surface area contributed by atoms with Crippen molar-refractivity contribution < 1.29 is 14.3 Å². The van der Waals surface area contributed by atoms with Crippen molar-refractivity contribution in [2.45, 2.75) is 12.6 Å². The lowest BCUT2D eigenvalue weighted by Gasteiger charge is -2.37. The van der Waals surface area contributed by atoms with Gasteiger partial charge < -0.3 is 19.1 Å². The zero-order valence-corrected chi connectivity index (χ0v) is 10.9. The monoisotopic (exact) mass is 263 g/mol. The summed E-state index contributed by atoms with van der Waals surface area (Å²) in [6, 6.07) is 3.21. The molecule has 0 saturated carbocycles. The smallest absolute Gasteiger partial charge is 0.270 e. The molecule has 1 atom stereocenters. The zero-order chi connectivity index (χ0) is 13.4. The van der Waals surface area contributed by atoms with E-state index < -0.39 is 6.04 Å². The molecular weight excluding hydrogens is 246 g/mol. The lowest BCUT2D eigenvalue weighted by molar-refractivity contribution is -0.140. The highest BCUT2D eigenvalue weighted by molar-refractivity contribution is 5.97. The maximum atomic E-state index is 12.5. The minimum absolute atomic E-state index is 0.0125. The molecule has 0 aromatic carbocycles. The van der Waals surface area contributed by atoms with E-state index in [0.717, 1.165) is 0 Å². The molecule has 1 saturated heterocycles. The third-order valence-corrected chi connectivity index (χ3v) is 3.81. The molecule has 1 aromatic rings. The Bertz CT molecular complexity index is 505. The summed E-state index contributed by atoms with van der Waals surface area (Å²) in [6.07, 6.45) is 1.85. The van der Waals surface area contributed by atoms with Gasteiger partial charge in [-0.15, -0.1) is 0 Å². The number of nitrogens with zero attached hydrogens (tertiary/aromatic N) is 3. The number of fused-ring (bicyclic) bond motifs is 1. The molecule has 6 heteroatoms. The summed E-state index contributed by atoms with van der Waals surface area (Å²) in [5.41, 5.74) is 0.647. The highest BCUT2D eigenvalue weighted by Crippen LogP contribution is 2.18. The minimum atomic E-state index is -0.412. The highest BCUT2D eigenvalue weighted by Gasteiger charge is 2.36. The van der Waals surface area contributed by atoms with Gasteiger partial charge in [-0.05, 0) is 12.1 Å². The fourth-order valence-corrected chi connectivity index (χ4v) is 2.64. The highest BCUT2D eigenvalue weighted by atomic mass is 16.5. The molecule has 0 spiro atoms. The molecule has 1 aromatic heterocycles. The topological polar surface area (TPSA) is 54.8 Å². The van der Waals surface area contributed by atoms with Gasteiger partial charge in [-0.3, -0.25) is 9.59 Å². The van der Waals surface area contributed by atoms with Gasteiger partial charge in [-0.2, -0.15) is 0 Å². The van der Waals surface area contributed by atoms with E-state index in [9.17, 15) is 9.59 Å². The average molecular weight is 263 g/mol. The van der Waals surface area contributed by atoms with Crippen molar-refractivity contribution in [2.24, 2.45) is 0 Å². The first-order valence-corrected chi connectivity index (χ1v) is 6.47. The molecule has 0 N–H and O–H groups in total. The first-order chi connectivity index (χ1) is 9.18. The van der Waals surface area contributed by atoms with E-state index in [1.54, 1.807) is 22.9 Å². The summed E-state index contributed by atoms with van der Waals surface area (Å²) in [5, 5.41) is 0. The maximum Gasteiger partial charge on any atom is 0.270 e. The second-order valence-electron chi connectivity index (χ2n) is 4.92. The Morgan fingerprint density at radius 1 is 1.37 bits per heavy atom. The van der Waals surface area contributed by atoms with Gasteiger partial charge in [-0.1, -0.05) is 0 Å². The summed E-state index contributed by atoms with van der Waals surface area (Å²) < 4.78 is 7.10. The molecule has 0 bridgehead atoms. The quantitative estimate of drug-likeness (QED) is 0.705. The van der Waals surface area contributed by atoms with Crippen LogP contribution >= 0.6 is 0 Å².